The van der Waals surface area contributed by atoms with Crippen LogP contribution in [0, 0.1) is 6.92 Å². The lowest BCUT2D eigenvalue weighted by Gasteiger charge is -2.34. The van der Waals surface area contributed by atoms with Gasteiger partial charge in [0, 0.05) is 37.8 Å². The normalized spacial score (nSPS) is 14.6. The second-order valence-electron chi connectivity index (χ2n) is 5.77. The smallest absolute Gasteiger partial charge is 0.276 e. The Bertz CT molecular complexity index is 800. The summed E-state index contributed by atoms with van der Waals surface area (Å²) < 4.78 is 4.90. The predicted octanol–water partition coefficient (Wildman–Crippen LogP) is 0.698. The number of phenols is 3. The maximum absolute atomic E-state index is 12.5. The van der Waals surface area contributed by atoms with Crippen LogP contribution in [0.5, 0.6) is 17.2 Å². The maximum Gasteiger partial charge on any atom is 0.276 e. The topological polar surface area (TPSA) is 127 Å². The Balaban J connectivity index is 1.66. The Morgan fingerprint density at radius 3 is 1.96 bits per heavy atom. The largest absolute Gasteiger partial charge is 0.504 e. The molecular weight excluding hydrogens is 330 g/mol. The second-order valence-corrected chi connectivity index (χ2v) is 5.77. The molecule has 0 bridgehead atoms. The molecule has 1 saturated heterocycles. The summed E-state index contributed by atoms with van der Waals surface area (Å²) in [6, 6.07) is 3.74. The molecule has 3 rings (SSSR count). The van der Waals surface area contributed by atoms with E-state index >= 15 is 0 Å². The number of piperazine rings is 1. The molecule has 1 fully saturated rings. The van der Waals surface area contributed by atoms with Crippen LogP contribution in [-0.2, 0) is 0 Å². The van der Waals surface area contributed by atoms with Gasteiger partial charge in [-0.25, -0.2) is 0 Å². The minimum atomic E-state index is -0.671. The predicted molar refractivity (Wildman–Crippen MR) is 84.5 cm³/mol. The Morgan fingerprint density at radius 1 is 0.960 bits per heavy atom. The summed E-state index contributed by atoms with van der Waals surface area (Å²) in [7, 11) is 0. The number of aromatic hydroxyl groups is 3. The molecule has 0 saturated carbocycles. The fraction of sp³-hybridized carbons (Fsp3) is 0.312. The van der Waals surface area contributed by atoms with E-state index in [1.807, 2.05) is 0 Å². The number of aromatic nitrogens is 1. The van der Waals surface area contributed by atoms with Crippen molar-refractivity contribution in [1.82, 2.24) is 15.0 Å². The van der Waals surface area contributed by atoms with E-state index in [4.69, 9.17) is 4.52 Å². The van der Waals surface area contributed by atoms with Crippen LogP contribution in [0.4, 0.5) is 0 Å². The summed E-state index contributed by atoms with van der Waals surface area (Å²) in [5.41, 5.74) is 0.283. The Kier molecular flexibility index (Phi) is 4.22. The zero-order chi connectivity index (χ0) is 18.1. The molecule has 1 aliphatic rings. The van der Waals surface area contributed by atoms with E-state index in [0.717, 1.165) is 12.1 Å². The number of carbonyl (C=O) groups is 2. The minimum absolute atomic E-state index is 0.0553. The molecule has 9 nitrogen and oxygen atoms in total. The standard InChI is InChI=1S/C16H17N3O6/c1-9-6-11(17-25-9)16(24)19-4-2-18(3-5-19)15(23)10-7-12(20)14(22)13(21)8-10/h6-8,20-22H,2-5H2,1H3. The highest BCUT2D eigenvalue weighted by Gasteiger charge is 2.27. The first kappa shape index (κ1) is 16.6. The van der Waals surface area contributed by atoms with Crippen molar-refractivity contribution in [2.24, 2.45) is 0 Å². The van der Waals surface area contributed by atoms with Crippen molar-refractivity contribution in [2.75, 3.05) is 26.2 Å². The Morgan fingerprint density at radius 2 is 1.48 bits per heavy atom. The molecule has 0 aliphatic carbocycles. The Hall–Kier alpha value is -3.23. The number of phenolic OH excluding ortho intramolecular Hbond substituents is 3. The molecule has 3 N–H and O–H groups in total. The zero-order valence-electron chi connectivity index (χ0n) is 13.5. The van der Waals surface area contributed by atoms with Crippen molar-refractivity contribution in [2.45, 2.75) is 6.92 Å². The van der Waals surface area contributed by atoms with E-state index in [-0.39, 0.29) is 17.2 Å². The van der Waals surface area contributed by atoms with Crippen LogP contribution in [0.1, 0.15) is 26.6 Å². The van der Waals surface area contributed by atoms with Crippen LogP contribution in [0.15, 0.2) is 22.7 Å². The minimum Gasteiger partial charge on any atom is -0.504 e. The molecular formula is C16H17N3O6. The van der Waals surface area contributed by atoms with Gasteiger partial charge in [0.25, 0.3) is 11.8 Å². The van der Waals surface area contributed by atoms with Gasteiger partial charge in [-0.15, -0.1) is 0 Å². The van der Waals surface area contributed by atoms with E-state index in [0.29, 0.717) is 31.9 Å². The molecule has 2 aromatic rings. The van der Waals surface area contributed by atoms with E-state index < -0.39 is 23.2 Å². The SMILES string of the molecule is Cc1cc(C(=O)N2CCN(C(=O)c3cc(O)c(O)c(O)c3)CC2)no1. The van der Waals surface area contributed by atoms with Gasteiger partial charge in [-0.3, -0.25) is 9.59 Å². The molecule has 1 aliphatic heterocycles. The molecule has 25 heavy (non-hydrogen) atoms. The third kappa shape index (κ3) is 3.21. The molecule has 132 valence electrons. The summed E-state index contributed by atoms with van der Waals surface area (Å²) in [6.07, 6.45) is 0. The van der Waals surface area contributed by atoms with Crippen molar-refractivity contribution < 1.29 is 29.4 Å². The molecule has 2 heterocycles. The average Bonchev–Trinajstić information content (AvgIpc) is 3.04. The van der Waals surface area contributed by atoms with Crippen molar-refractivity contribution >= 4 is 11.8 Å². The summed E-state index contributed by atoms with van der Waals surface area (Å²) >= 11 is 0. The third-order valence-electron chi connectivity index (χ3n) is 4.02. The van der Waals surface area contributed by atoms with E-state index in [1.165, 1.54) is 4.90 Å². The fourth-order valence-electron chi connectivity index (χ4n) is 2.65. The second kappa shape index (κ2) is 6.34. The lowest BCUT2D eigenvalue weighted by atomic mass is 10.1. The molecule has 1 aromatic heterocycles. The van der Waals surface area contributed by atoms with Gasteiger partial charge in [-0.05, 0) is 19.1 Å². The molecule has 0 atom stereocenters. The van der Waals surface area contributed by atoms with Crippen LogP contribution in [0.3, 0.4) is 0 Å². The monoisotopic (exact) mass is 347 g/mol. The van der Waals surface area contributed by atoms with Crippen LogP contribution in [-0.4, -0.2) is 68.3 Å². The van der Waals surface area contributed by atoms with Crippen molar-refractivity contribution in [3.05, 3.63) is 35.2 Å². The number of carbonyl (C=O) groups excluding carboxylic acids is 2. The van der Waals surface area contributed by atoms with Crippen molar-refractivity contribution in [3.63, 3.8) is 0 Å². The van der Waals surface area contributed by atoms with Gasteiger partial charge in [0.1, 0.15) is 5.76 Å². The molecule has 2 amide bonds. The first-order valence-electron chi connectivity index (χ1n) is 7.63. The first-order chi connectivity index (χ1) is 11.9. The lowest BCUT2D eigenvalue weighted by molar-refractivity contribution is 0.0529. The number of benzene rings is 1. The Labute approximate surface area is 142 Å². The molecule has 0 radical (unpaired) electrons. The summed E-state index contributed by atoms with van der Waals surface area (Å²) in [5, 5.41) is 32.1. The van der Waals surface area contributed by atoms with E-state index in [2.05, 4.69) is 5.16 Å². The van der Waals surface area contributed by atoms with Gasteiger partial charge in [-0.1, -0.05) is 5.16 Å². The number of rotatable bonds is 2. The summed E-state index contributed by atoms with van der Waals surface area (Å²) in [5.74, 6) is -1.94. The number of nitrogens with zero attached hydrogens (tertiary/aromatic N) is 3. The highest BCUT2D eigenvalue weighted by molar-refractivity contribution is 5.96. The molecule has 9 heteroatoms. The third-order valence-corrected chi connectivity index (χ3v) is 4.02. The van der Waals surface area contributed by atoms with E-state index in [9.17, 15) is 24.9 Å². The van der Waals surface area contributed by atoms with Crippen LogP contribution < -0.4 is 0 Å². The van der Waals surface area contributed by atoms with Crippen molar-refractivity contribution in [3.8, 4) is 17.2 Å². The number of aryl methyl sites for hydroxylation is 1. The molecule has 0 spiro atoms. The van der Waals surface area contributed by atoms with Gasteiger partial charge in [-0.2, -0.15) is 0 Å². The molecule has 1 aromatic carbocycles. The lowest BCUT2D eigenvalue weighted by Crippen LogP contribution is -2.50. The van der Waals surface area contributed by atoms with Gasteiger partial charge >= 0.3 is 0 Å². The van der Waals surface area contributed by atoms with Gasteiger partial charge < -0.3 is 29.6 Å². The van der Waals surface area contributed by atoms with Gasteiger partial charge in [0.05, 0.1) is 0 Å². The quantitative estimate of drug-likeness (QED) is 0.682. The van der Waals surface area contributed by atoms with E-state index in [1.54, 1.807) is 17.9 Å². The number of hydrogen-bond donors (Lipinski definition) is 3. The van der Waals surface area contributed by atoms with Crippen molar-refractivity contribution in [1.29, 1.82) is 0 Å². The average molecular weight is 347 g/mol. The van der Waals surface area contributed by atoms with Crippen LogP contribution in [0.2, 0.25) is 0 Å². The van der Waals surface area contributed by atoms with Gasteiger partial charge in [0.2, 0.25) is 0 Å². The highest BCUT2D eigenvalue weighted by atomic mass is 16.5. The number of hydrogen-bond acceptors (Lipinski definition) is 7. The van der Waals surface area contributed by atoms with Crippen LogP contribution >= 0.6 is 0 Å². The summed E-state index contributed by atoms with van der Waals surface area (Å²) in [6.45, 7) is 2.94. The first-order valence-corrected chi connectivity index (χ1v) is 7.63. The highest BCUT2D eigenvalue weighted by Crippen LogP contribution is 2.35. The van der Waals surface area contributed by atoms with Crippen LogP contribution in [0.25, 0.3) is 0 Å². The molecule has 0 unspecified atom stereocenters. The summed E-state index contributed by atoms with van der Waals surface area (Å²) in [4.78, 5) is 27.8. The van der Waals surface area contributed by atoms with Gasteiger partial charge in [0.15, 0.2) is 22.9 Å². The number of amides is 2. The maximum atomic E-state index is 12.5. The fourth-order valence-corrected chi connectivity index (χ4v) is 2.65. The zero-order valence-corrected chi connectivity index (χ0v) is 13.5.